The Hall–Kier alpha value is -1.67. The first-order valence-electron chi connectivity index (χ1n) is 21.9. The highest BCUT2D eigenvalue weighted by Crippen LogP contribution is 2.43. The lowest BCUT2D eigenvalue weighted by molar-refractivity contribution is -0.160. The fourth-order valence-corrected chi connectivity index (χ4v) is 7.71. The number of carbonyl (C=O) groups excluding carboxylic acids is 2. The number of ether oxygens (including phenoxy) is 2. The second kappa shape index (κ2) is 33.1. The van der Waals surface area contributed by atoms with E-state index >= 15 is 0 Å². The minimum absolute atomic E-state index is 0.178. The molecule has 0 aliphatic heterocycles. The molecule has 14 heteroatoms. The fourth-order valence-electron chi connectivity index (χ4n) is 6.92. The third-order valence-corrected chi connectivity index (χ3v) is 11.3. The Labute approximate surface area is 343 Å². The molecule has 0 bridgehead atoms. The van der Waals surface area contributed by atoms with Crippen molar-refractivity contribution in [2.75, 3.05) is 26.4 Å². The molecule has 334 valence electrons. The van der Waals surface area contributed by atoms with Crippen LogP contribution in [0, 0.1) is 17.8 Å². The van der Waals surface area contributed by atoms with Gasteiger partial charge >= 0.3 is 19.8 Å². The molecular formula is C43H79O13P. The Balaban J connectivity index is 2.51. The average Bonchev–Trinajstić information content (AvgIpc) is 3.44. The number of aliphatic hydroxyl groups is 5. The molecule has 0 aromatic carbocycles. The summed E-state index contributed by atoms with van der Waals surface area (Å²) in [6.45, 7) is 4.22. The van der Waals surface area contributed by atoms with E-state index in [9.17, 15) is 39.5 Å². The monoisotopic (exact) mass is 835 g/mol. The van der Waals surface area contributed by atoms with Crippen LogP contribution >= 0.6 is 7.82 Å². The molecule has 57 heavy (non-hydrogen) atoms. The van der Waals surface area contributed by atoms with Crippen molar-refractivity contribution >= 4 is 19.8 Å². The van der Waals surface area contributed by atoms with Gasteiger partial charge in [-0.25, -0.2) is 4.57 Å². The lowest BCUT2D eigenvalue weighted by Gasteiger charge is -2.20. The molecule has 0 saturated heterocycles. The number of hydrogen-bond donors (Lipinski definition) is 6. The number of aliphatic hydroxyl groups excluding tert-OH is 5. The Morgan fingerprint density at radius 3 is 1.93 bits per heavy atom. The van der Waals surface area contributed by atoms with Crippen molar-refractivity contribution in [3.05, 3.63) is 24.3 Å². The van der Waals surface area contributed by atoms with Crippen LogP contribution in [0.1, 0.15) is 162 Å². The van der Waals surface area contributed by atoms with Gasteiger partial charge in [0.2, 0.25) is 0 Å². The minimum Gasteiger partial charge on any atom is -0.462 e. The van der Waals surface area contributed by atoms with E-state index in [1.165, 1.54) is 64.2 Å². The van der Waals surface area contributed by atoms with E-state index in [2.05, 4.69) is 25.3 Å². The lowest BCUT2D eigenvalue weighted by Crippen LogP contribution is -2.29. The van der Waals surface area contributed by atoms with Crippen LogP contribution in [0.3, 0.4) is 0 Å². The summed E-state index contributed by atoms with van der Waals surface area (Å²) >= 11 is 0. The van der Waals surface area contributed by atoms with Crippen molar-refractivity contribution < 1.29 is 63.1 Å². The third-order valence-electron chi connectivity index (χ3n) is 10.4. The zero-order valence-corrected chi connectivity index (χ0v) is 36.2. The first kappa shape index (κ1) is 53.3. The van der Waals surface area contributed by atoms with E-state index in [0.29, 0.717) is 19.3 Å². The van der Waals surface area contributed by atoms with Gasteiger partial charge in [-0.05, 0) is 31.1 Å². The molecule has 0 heterocycles. The molecule has 1 aliphatic rings. The van der Waals surface area contributed by atoms with Gasteiger partial charge in [-0.1, -0.05) is 148 Å². The van der Waals surface area contributed by atoms with Gasteiger partial charge in [0.1, 0.15) is 12.7 Å². The van der Waals surface area contributed by atoms with Gasteiger partial charge < -0.3 is 39.9 Å². The number of allylic oxidation sites excluding steroid dienone is 1. The van der Waals surface area contributed by atoms with Crippen molar-refractivity contribution in [3.8, 4) is 0 Å². The summed E-state index contributed by atoms with van der Waals surface area (Å²) in [6.07, 6.45) is 22.8. The predicted octanol–water partition coefficient (Wildman–Crippen LogP) is 7.63. The van der Waals surface area contributed by atoms with Gasteiger partial charge in [-0.3, -0.25) is 18.6 Å². The van der Waals surface area contributed by atoms with Crippen LogP contribution in [0.25, 0.3) is 0 Å². The Bertz CT molecular complexity index is 1130. The molecule has 1 unspecified atom stereocenters. The number of esters is 2. The summed E-state index contributed by atoms with van der Waals surface area (Å²) in [5.41, 5.74) is 0. The van der Waals surface area contributed by atoms with Crippen LogP contribution in [0.4, 0.5) is 0 Å². The summed E-state index contributed by atoms with van der Waals surface area (Å²) < 4.78 is 32.7. The maximum atomic E-state index is 12.8. The number of phosphoric acid groups is 1. The molecule has 1 rings (SSSR count). The molecule has 1 aliphatic carbocycles. The molecule has 8 atom stereocenters. The van der Waals surface area contributed by atoms with Crippen LogP contribution < -0.4 is 0 Å². The van der Waals surface area contributed by atoms with Crippen molar-refractivity contribution in [2.24, 2.45) is 17.8 Å². The number of carbonyl (C=O) groups is 2. The molecule has 13 nitrogen and oxygen atoms in total. The number of phosphoric ester groups is 1. The summed E-state index contributed by atoms with van der Waals surface area (Å²) in [4.78, 5) is 35.2. The highest BCUT2D eigenvalue weighted by Gasteiger charge is 2.39. The molecule has 0 amide bonds. The van der Waals surface area contributed by atoms with Crippen LogP contribution in [0.15, 0.2) is 24.3 Å². The number of unbranched alkanes of at least 4 members (excludes halogenated alkanes) is 14. The second-order valence-electron chi connectivity index (χ2n) is 16.2. The summed E-state index contributed by atoms with van der Waals surface area (Å²) in [7, 11) is -4.71. The first-order valence-corrected chi connectivity index (χ1v) is 23.4. The van der Waals surface area contributed by atoms with Gasteiger partial charge in [-0.2, -0.15) is 0 Å². The molecular weight excluding hydrogens is 755 g/mol. The number of hydrogen-bond acceptors (Lipinski definition) is 12. The second-order valence-corrected chi connectivity index (χ2v) is 17.6. The van der Waals surface area contributed by atoms with Crippen molar-refractivity contribution in [1.29, 1.82) is 0 Å². The fraction of sp³-hybridized carbons (Fsp3) is 0.860. The van der Waals surface area contributed by atoms with Crippen LogP contribution in [-0.2, 0) is 32.7 Å². The summed E-state index contributed by atoms with van der Waals surface area (Å²) in [6, 6.07) is 0. The van der Waals surface area contributed by atoms with Gasteiger partial charge in [-0.15, -0.1) is 0 Å². The zero-order chi connectivity index (χ0) is 42.3. The molecule has 1 saturated carbocycles. The molecule has 0 radical (unpaired) electrons. The van der Waals surface area contributed by atoms with Gasteiger partial charge in [0.15, 0.2) is 6.10 Å². The van der Waals surface area contributed by atoms with Crippen molar-refractivity contribution in [3.63, 3.8) is 0 Å². The highest BCUT2D eigenvalue weighted by molar-refractivity contribution is 7.47. The molecule has 6 N–H and O–H groups in total. The van der Waals surface area contributed by atoms with Crippen LogP contribution in [0.5, 0.6) is 0 Å². The Morgan fingerprint density at radius 1 is 0.754 bits per heavy atom. The average molecular weight is 835 g/mol. The van der Waals surface area contributed by atoms with Crippen molar-refractivity contribution in [2.45, 2.75) is 193 Å². The Kier molecular flexibility index (Phi) is 31.0. The number of rotatable bonds is 36. The van der Waals surface area contributed by atoms with Gasteiger partial charge in [0.25, 0.3) is 0 Å². The normalized spacial score (nSPS) is 21.3. The van der Waals surface area contributed by atoms with E-state index < -0.39 is 76.7 Å². The van der Waals surface area contributed by atoms with Crippen LogP contribution in [0.2, 0.25) is 0 Å². The van der Waals surface area contributed by atoms with E-state index in [1.54, 1.807) is 24.3 Å². The van der Waals surface area contributed by atoms with E-state index in [-0.39, 0.29) is 31.1 Å². The standard InChI is InChI=1S/C43H79O13P/c1-4-5-17-23-35(45)27-28-39-38(40(47)29-41(39)48)24-20-21-26-43(50)56-37(33-55-57(51,52)54-31-36(46)30-44)32-53-42(49)25-19-16-14-12-10-8-6-7-9-11-13-15-18-22-34(2)3/h20-21,27-28,34-41,44-48H,4-19,22-26,29-33H2,1-3H3,(H,51,52)/b21-20-,28-27+/t35-,36+,37-,38+,39-,40+,41-/m1/s1. The van der Waals surface area contributed by atoms with E-state index in [4.69, 9.17) is 19.1 Å². The largest absolute Gasteiger partial charge is 0.472 e. The molecule has 0 aromatic heterocycles. The summed E-state index contributed by atoms with van der Waals surface area (Å²) in [5.74, 6) is -1.10. The molecule has 0 aromatic rings. The third kappa shape index (κ3) is 28.4. The first-order chi connectivity index (χ1) is 27.3. The topological polar surface area (TPSA) is 210 Å². The van der Waals surface area contributed by atoms with Gasteiger partial charge in [0, 0.05) is 18.8 Å². The van der Waals surface area contributed by atoms with E-state index in [0.717, 1.165) is 44.4 Å². The maximum absolute atomic E-state index is 12.8. The van der Waals surface area contributed by atoms with E-state index in [1.807, 2.05) is 0 Å². The predicted molar refractivity (Wildman–Crippen MR) is 221 cm³/mol. The van der Waals surface area contributed by atoms with Crippen molar-refractivity contribution in [1.82, 2.24) is 0 Å². The lowest BCUT2D eigenvalue weighted by atomic mass is 9.89. The quantitative estimate of drug-likeness (QED) is 0.0155. The van der Waals surface area contributed by atoms with Gasteiger partial charge in [0.05, 0.1) is 44.6 Å². The zero-order valence-electron chi connectivity index (χ0n) is 35.3. The smallest absolute Gasteiger partial charge is 0.462 e. The highest BCUT2D eigenvalue weighted by atomic mass is 31.2. The maximum Gasteiger partial charge on any atom is 0.472 e. The van der Waals surface area contributed by atoms with Crippen LogP contribution in [-0.4, -0.2) is 99.3 Å². The molecule has 0 spiro atoms. The molecule has 1 fully saturated rings. The minimum atomic E-state index is -4.71. The SMILES string of the molecule is CCCCC[C@@H](O)/C=C/[C@@H]1[C@H](C/C=C\CC(=O)O[C@H](COC(=O)CCCCCCCCCCCCCCCC(C)C)COP(=O)(O)OC[C@@H](O)CO)[C@@H](O)C[C@H]1O. The Morgan fingerprint density at radius 2 is 1.33 bits per heavy atom. The summed E-state index contributed by atoms with van der Waals surface area (Å²) in [5, 5.41) is 49.7.